The molecule has 0 aromatic carbocycles. The van der Waals surface area contributed by atoms with Crippen LogP contribution in [-0.2, 0) is 10.1 Å². The molecule has 0 radical (unpaired) electrons. The fourth-order valence-electron chi connectivity index (χ4n) is 1.50. The molecule has 6 N–H and O–H groups in total. The van der Waals surface area contributed by atoms with Crippen LogP contribution in [0.2, 0.25) is 0 Å². The molecule has 8 nitrogen and oxygen atoms in total. The fraction of sp³-hybridized carbons (Fsp3) is 1.00. The van der Waals surface area contributed by atoms with Gasteiger partial charge < -0.3 is 20.4 Å². The molecule has 0 bridgehead atoms. The highest BCUT2D eigenvalue weighted by atomic mass is 32.2. The molecule has 0 spiro atoms. The van der Waals surface area contributed by atoms with Crippen LogP contribution >= 0.6 is 0 Å². The third kappa shape index (κ3) is 2.35. The average Bonchev–Trinajstić information content (AvgIpc) is 2.18. The molecule has 2 unspecified atom stereocenters. The van der Waals surface area contributed by atoms with Crippen molar-refractivity contribution in [3.63, 3.8) is 0 Å². The van der Waals surface area contributed by atoms with Gasteiger partial charge >= 0.3 is 0 Å². The van der Waals surface area contributed by atoms with Gasteiger partial charge in [-0.2, -0.15) is 8.42 Å². The lowest BCUT2D eigenvalue weighted by Gasteiger charge is -2.42. The lowest BCUT2D eigenvalue weighted by Crippen LogP contribution is -2.70. The molecule has 0 heterocycles. The van der Waals surface area contributed by atoms with Crippen molar-refractivity contribution in [1.82, 2.24) is 5.32 Å². The van der Waals surface area contributed by atoms with Gasteiger partial charge in [-0.05, 0) is 7.05 Å². The summed E-state index contributed by atoms with van der Waals surface area (Å²) in [5.41, 5.74) is -2.40. The van der Waals surface area contributed by atoms with Gasteiger partial charge in [0.15, 0.2) is 0 Å². The molecule has 16 heavy (non-hydrogen) atoms. The zero-order chi connectivity index (χ0) is 13.0. The van der Waals surface area contributed by atoms with E-state index in [9.17, 15) is 13.5 Å². The Morgan fingerprint density at radius 3 is 1.88 bits per heavy atom. The largest absolute Gasteiger partial charge is 0.396 e. The van der Waals surface area contributed by atoms with Crippen LogP contribution in [0.15, 0.2) is 0 Å². The third-order valence-electron chi connectivity index (χ3n) is 2.61. The van der Waals surface area contributed by atoms with Crippen molar-refractivity contribution in [3.05, 3.63) is 0 Å². The molecule has 98 valence electrons. The molecule has 0 saturated carbocycles. The number of likely N-dealkylation sites (N-methyl/N-ethyl adjacent to an activating group) is 1. The molecule has 0 fully saturated rings. The number of hydrogen-bond acceptors (Lipinski definition) is 7. The summed E-state index contributed by atoms with van der Waals surface area (Å²) >= 11 is 0. The van der Waals surface area contributed by atoms with Gasteiger partial charge in [-0.3, -0.25) is 9.87 Å². The molecule has 9 heteroatoms. The summed E-state index contributed by atoms with van der Waals surface area (Å²) in [7, 11) is -3.82. The van der Waals surface area contributed by atoms with Crippen molar-refractivity contribution in [3.8, 4) is 0 Å². The predicted octanol–water partition coefficient (Wildman–Crippen LogP) is -3.11. The summed E-state index contributed by atoms with van der Waals surface area (Å²) in [4.78, 5) is -2.54. The Balaban J connectivity index is 5.66. The highest BCUT2D eigenvalue weighted by molar-refractivity contribution is 7.87. The van der Waals surface area contributed by atoms with Crippen molar-refractivity contribution in [2.75, 3.05) is 26.9 Å². The zero-order valence-electron chi connectivity index (χ0n) is 8.79. The maximum Gasteiger partial charge on any atom is 0.289 e. The third-order valence-corrected chi connectivity index (χ3v) is 4.20. The first-order chi connectivity index (χ1) is 7.24. The van der Waals surface area contributed by atoms with Crippen LogP contribution in [0.25, 0.3) is 0 Å². The summed E-state index contributed by atoms with van der Waals surface area (Å²) in [5.74, 6) is 0. The van der Waals surface area contributed by atoms with Gasteiger partial charge in [-0.1, -0.05) is 0 Å². The van der Waals surface area contributed by atoms with Gasteiger partial charge in [-0.15, -0.1) is 0 Å². The lowest BCUT2D eigenvalue weighted by atomic mass is 9.91. The fourth-order valence-corrected chi connectivity index (χ4v) is 2.57. The van der Waals surface area contributed by atoms with E-state index in [2.05, 4.69) is 5.32 Å². The summed E-state index contributed by atoms with van der Waals surface area (Å²) in [6.45, 7) is -2.86. The van der Waals surface area contributed by atoms with Crippen LogP contribution < -0.4 is 5.32 Å². The van der Waals surface area contributed by atoms with Gasteiger partial charge in [0, 0.05) is 13.0 Å². The molecule has 0 aliphatic carbocycles. The molecule has 0 saturated heterocycles. The number of hydrogen-bond donors (Lipinski definition) is 6. The van der Waals surface area contributed by atoms with Crippen LogP contribution in [0.5, 0.6) is 0 Å². The predicted molar refractivity (Wildman–Crippen MR) is 54.2 cm³/mol. The van der Waals surface area contributed by atoms with E-state index < -0.39 is 46.8 Å². The smallest absolute Gasteiger partial charge is 0.289 e. The maximum atomic E-state index is 11.2. The maximum absolute atomic E-state index is 11.2. The SMILES string of the molecule is CNC(CO)(C(O)(CO)CCO)S(=O)(=O)O. The molecule has 2 atom stereocenters. The van der Waals surface area contributed by atoms with Crippen molar-refractivity contribution in [2.45, 2.75) is 16.9 Å². The second-order valence-electron chi connectivity index (χ2n) is 3.37. The highest BCUT2D eigenvalue weighted by Gasteiger charge is 2.57. The van der Waals surface area contributed by atoms with E-state index in [1.807, 2.05) is 0 Å². The highest BCUT2D eigenvalue weighted by Crippen LogP contribution is 2.29. The summed E-state index contributed by atoms with van der Waals surface area (Å²) in [6.07, 6.45) is -0.537. The number of aliphatic hydroxyl groups is 4. The monoisotopic (exact) mass is 259 g/mol. The quantitative estimate of drug-likeness (QED) is 0.263. The van der Waals surface area contributed by atoms with Gasteiger partial charge in [0.1, 0.15) is 5.60 Å². The van der Waals surface area contributed by atoms with E-state index in [4.69, 9.17) is 19.9 Å². The molecular weight excluding hydrogens is 242 g/mol. The van der Waals surface area contributed by atoms with Crippen LogP contribution in [0.3, 0.4) is 0 Å². The van der Waals surface area contributed by atoms with Crippen molar-refractivity contribution >= 4 is 10.1 Å². The lowest BCUT2D eigenvalue weighted by molar-refractivity contribution is -0.0868. The normalized spacial score (nSPS) is 20.1. The topological polar surface area (TPSA) is 147 Å². The Morgan fingerprint density at radius 1 is 1.19 bits per heavy atom. The Bertz CT molecular complexity index is 313. The second kappa shape index (κ2) is 5.36. The molecular formula is C7H17NO7S. The minimum atomic E-state index is -4.90. The summed E-state index contributed by atoms with van der Waals surface area (Å²) in [5, 5.41) is 38.7. The first-order valence-electron chi connectivity index (χ1n) is 4.45. The molecule has 0 rings (SSSR count). The van der Waals surface area contributed by atoms with Crippen molar-refractivity contribution in [2.24, 2.45) is 0 Å². The van der Waals surface area contributed by atoms with Crippen molar-refractivity contribution < 1.29 is 33.4 Å². The van der Waals surface area contributed by atoms with Crippen LogP contribution in [0.1, 0.15) is 6.42 Å². The van der Waals surface area contributed by atoms with Crippen LogP contribution in [0, 0.1) is 0 Å². The van der Waals surface area contributed by atoms with E-state index >= 15 is 0 Å². The Hall–Kier alpha value is -0.290. The Labute approximate surface area is 93.3 Å². The van der Waals surface area contributed by atoms with E-state index in [1.54, 1.807) is 0 Å². The first-order valence-corrected chi connectivity index (χ1v) is 5.89. The standard InChI is InChI=1S/C7H17NO7S/c1-8-7(5-11,16(13,14)15)6(12,4-10)2-3-9/h8-12H,2-5H2,1H3,(H,13,14,15). The molecule has 0 aliphatic rings. The summed E-state index contributed by atoms with van der Waals surface area (Å²) in [6, 6.07) is 0. The molecule has 0 aromatic rings. The Morgan fingerprint density at radius 2 is 1.69 bits per heavy atom. The van der Waals surface area contributed by atoms with Gasteiger partial charge in [0.05, 0.1) is 13.2 Å². The molecule has 0 aromatic heterocycles. The second-order valence-corrected chi connectivity index (χ2v) is 5.02. The molecule has 0 amide bonds. The molecule has 0 aliphatic heterocycles. The van der Waals surface area contributed by atoms with Gasteiger partial charge in [0.25, 0.3) is 10.1 Å². The summed E-state index contributed by atoms with van der Waals surface area (Å²) < 4.78 is 31.4. The number of nitrogens with one attached hydrogen (secondary N) is 1. The number of rotatable bonds is 7. The zero-order valence-corrected chi connectivity index (χ0v) is 9.61. The van der Waals surface area contributed by atoms with Crippen LogP contribution in [-0.4, -0.2) is 70.7 Å². The van der Waals surface area contributed by atoms with Gasteiger partial charge in [0.2, 0.25) is 4.87 Å². The van der Waals surface area contributed by atoms with Crippen molar-refractivity contribution in [1.29, 1.82) is 0 Å². The van der Waals surface area contributed by atoms with Gasteiger partial charge in [-0.25, -0.2) is 0 Å². The average molecular weight is 259 g/mol. The minimum absolute atomic E-state index is 0.537. The first kappa shape index (κ1) is 15.7. The van der Waals surface area contributed by atoms with E-state index in [1.165, 1.54) is 0 Å². The number of aliphatic hydroxyl groups excluding tert-OH is 3. The van der Waals surface area contributed by atoms with E-state index in [-0.39, 0.29) is 0 Å². The van der Waals surface area contributed by atoms with E-state index in [0.717, 1.165) is 7.05 Å². The Kier molecular flexibility index (Phi) is 5.26. The van der Waals surface area contributed by atoms with E-state index in [0.29, 0.717) is 0 Å². The minimum Gasteiger partial charge on any atom is -0.396 e. The van der Waals surface area contributed by atoms with Crippen LogP contribution in [0.4, 0.5) is 0 Å².